The van der Waals surface area contributed by atoms with E-state index in [1.54, 1.807) is 0 Å². The molecule has 4 rings (SSSR count). The van der Waals surface area contributed by atoms with Crippen molar-refractivity contribution >= 4 is 27.4 Å². The minimum Gasteiger partial charge on any atom is -0.370 e. The molecule has 1 atom stereocenters. The zero-order valence-corrected chi connectivity index (χ0v) is 13.5. The number of rotatable bonds is 3. The fourth-order valence-electron chi connectivity index (χ4n) is 3.48. The molecule has 1 aliphatic heterocycles. The molecule has 0 spiro atoms. The Kier molecular flexibility index (Phi) is 3.15. The third-order valence-corrected chi connectivity index (χ3v) is 5.79. The molecule has 112 valence electrons. The summed E-state index contributed by atoms with van der Waals surface area (Å²) >= 11 is 1.85. The van der Waals surface area contributed by atoms with Crippen LogP contribution in [0, 0.1) is 0 Å². The summed E-state index contributed by atoms with van der Waals surface area (Å²) in [7, 11) is 0. The molecule has 0 aromatic carbocycles. The smallest absolute Gasteiger partial charge is 0.163 e. The zero-order valence-electron chi connectivity index (χ0n) is 12.7. The molecule has 1 aliphatic carbocycles. The molecule has 1 N–H and O–H groups in total. The van der Waals surface area contributed by atoms with Crippen LogP contribution in [0.1, 0.15) is 49.4 Å². The van der Waals surface area contributed by atoms with Crippen LogP contribution in [0.4, 0.5) is 5.82 Å². The van der Waals surface area contributed by atoms with Crippen LogP contribution in [-0.2, 0) is 23.2 Å². The Hall–Kier alpha value is -1.20. The van der Waals surface area contributed by atoms with Crippen molar-refractivity contribution in [3.8, 4) is 0 Å². The summed E-state index contributed by atoms with van der Waals surface area (Å²) in [4.78, 5) is 12.4. The Morgan fingerprint density at radius 1 is 1.29 bits per heavy atom. The number of anilines is 1. The largest absolute Gasteiger partial charge is 0.370 e. The fourth-order valence-corrected chi connectivity index (χ4v) is 4.74. The average Bonchev–Trinajstić information content (AvgIpc) is 3.14. The molecule has 1 saturated heterocycles. The van der Waals surface area contributed by atoms with Gasteiger partial charge < -0.3 is 10.1 Å². The van der Waals surface area contributed by atoms with Gasteiger partial charge in [0.05, 0.1) is 5.39 Å². The molecule has 0 amide bonds. The maximum Gasteiger partial charge on any atom is 0.163 e. The van der Waals surface area contributed by atoms with E-state index < -0.39 is 0 Å². The minimum atomic E-state index is -0.313. The van der Waals surface area contributed by atoms with Gasteiger partial charge >= 0.3 is 0 Å². The van der Waals surface area contributed by atoms with Gasteiger partial charge in [-0.1, -0.05) is 0 Å². The first kappa shape index (κ1) is 13.5. The van der Waals surface area contributed by atoms with Crippen molar-refractivity contribution in [3.63, 3.8) is 0 Å². The molecule has 1 unspecified atom stereocenters. The van der Waals surface area contributed by atoms with E-state index in [0.717, 1.165) is 42.5 Å². The van der Waals surface area contributed by atoms with E-state index in [1.807, 2.05) is 11.3 Å². The lowest BCUT2D eigenvalue weighted by atomic mass is 10.0. The SMILES string of the molecule is CCNc1nc(C2(C)CCCO2)nc2sc3c(c12)CCC3. The Balaban J connectivity index is 1.91. The summed E-state index contributed by atoms with van der Waals surface area (Å²) in [6.45, 7) is 5.94. The van der Waals surface area contributed by atoms with E-state index in [9.17, 15) is 0 Å². The summed E-state index contributed by atoms with van der Waals surface area (Å²) < 4.78 is 5.94. The molecule has 0 saturated carbocycles. The quantitative estimate of drug-likeness (QED) is 0.940. The lowest BCUT2D eigenvalue weighted by Gasteiger charge is -2.22. The van der Waals surface area contributed by atoms with Crippen molar-refractivity contribution < 1.29 is 4.74 Å². The lowest BCUT2D eigenvalue weighted by Crippen LogP contribution is -2.24. The third-order valence-electron chi connectivity index (χ3n) is 4.60. The molecule has 5 heteroatoms. The summed E-state index contributed by atoms with van der Waals surface area (Å²) in [5, 5.41) is 4.71. The third kappa shape index (κ3) is 2.06. The predicted octanol–water partition coefficient (Wildman–Crippen LogP) is 3.64. The number of nitrogens with one attached hydrogen (secondary N) is 1. The van der Waals surface area contributed by atoms with Crippen LogP contribution in [0.3, 0.4) is 0 Å². The molecule has 2 aromatic heterocycles. The van der Waals surface area contributed by atoms with Gasteiger partial charge in [-0.3, -0.25) is 0 Å². The van der Waals surface area contributed by atoms with Gasteiger partial charge in [0, 0.05) is 18.0 Å². The van der Waals surface area contributed by atoms with Gasteiger partial charge in [-0.05, 0) is 51.5 Å². The van der Waals surface area contributed by atoms with E-state index in [4.69, 9.17) is 14.7 Å². The molecular formula is C16H21N3OS. The van der Waals surface area contributed by atoms with Crippen molar-refractivity contribution in [2.45, 2.75) is 51.6 Å². The number of aromatic nitrogens is 2. The van der Waals surface area contributed by atoms with Gasteiger partial charge in [0.1, 0.15) is 16.2 Å². The lowest BCUT2D eigenvalue weighted by molar-refractivity contribution is 0.00976. The predicted molar refractivity (Wildman–Crippen MR) is 86.1 cm³/mol. The van der Waals surface area contributed by atoms with Crippen LogP contribution >= 0.6 is 11.3 Å². The molecule has 3 heterocycles. The normalized spacial score (nSPS) is 24.7. The molecule has 2 aromatic rings. The molecule has 21 heavy (non-hydrogen) atoms. The molecular weight excluding hydrogens is 282 g/mol. The Labute approximate surface area is 128 Å². The van der Waals surface area contributed by atoms with Crippen LogP contribution in [0.15, 0.2) is 0 Å². The number of ether oxygens (including phenoxy) is 1. The molecule has 4 nitrogen and oxygen atoms in total. The number of fused-ring (bicyclic) bond motifs is 3. The molecule has 2 aliphatic rings. The molecule has 0 radical (unpaired) electrons. The van der Waals surface area contributed by atoms with E-state index in [-0.39, 0.29) is 5.60 Å². The first-order valence-electron chi connectivity index (χ1n) is 7.92. The zero-order chi connectivity index (χ0) is 14.4. The number of nitrogens with zero attached hydrogens (tertiary/aromatic N) is 2. The number of aryl methyl sites for hydroxylation is 2. The highest BCUT2D eigenvalue weighted by Gasteiger charge is 2.36. The van der Waals surface area contributed by atoms with Crippen LogP contribution in [0.25, 0.3) is 10.2 Å². The first-order chi connectivity index (χ1) is 10.2. The fraction of sp³-hybridized carbons (Fsp3) is 0.625. The van der Waals surface area contributed by atoms with Gasteiger partial charge in [-0.25, -0.2) is 9.97 Å². The van der Waals surface area contributed by atoms with Gasteiger partial charge in [-0.15, -0.1) is 11.3 Å². The van der Waals surface area contributed by atoms with Gasteiger partial charge in [-0.2, -0.15) is 0 Å². The minimum absolute atomic E-state index is 0.313. The highest BCUT2D eigenvalue weighted by molar-refractivity contribution is 7.19. The number of thiophene rings is 1. The summed E-state index contributed by atoms with van der Waals surface area (Å²) in [6.07, 6.45) is 5.74. The molecule has 1 fully saturated rings. The first-order valence-corrected chi connectivity index (χ1v) is 8.73. The van der Waals surface area contributed by atoms with Gasteiger partial charge in [0.25, 0.3) is 0 Å². The Morgan fingerprint density at radius 2 is 2.19 bits per heavy atom. The number of hydrogen-bond acceptors (Lipinski definition) is 5. The maximum atomic E-state index is 5.94. The van der Waals surface area contributed by atoms with Crippen molar-refractivity contribution in [1.82, 2.24) is 9.97 Å². The summed E-state index contributed by atoms with van der Waals surface area (Å²) in [6, 6.07) is 0. The second-order valence-electron chi connectivity index (χ2n) is 6.15. The van der Waals surface area contributed by atoms with Crippen molar-refractivity contribution in [3.05, 3.63) is 16.3 Å². The standard InChI is InChI=1S/C16H21N3OS/c1-3-17-13-12-10-6-4-7-11(10)21-14(12)19-15(18-13)16(2)8-5-9-20-16/h3-9H2,1-2H3,(H,17,18,19). The highest BCUT2D eigenvalue weighted by Crippen LogP contribution is 2.42. The summed E-state index contributed by atoms with van der Waals surface area (Å²) in [5.41, 5.74) is 1.17. The monoisotopic (exact) mass is 303 g/mol. The van der Waals surface area contributed by atoms with Crippen LogP contribution in [0.5, 0.6) is 0 Å². The van der Waals surface area contributed by atoms with Crippen molar-refractivity contribution in [2.75, 3.05) is 18.5 Å². The topological polar surface area (TPSA) is 47.0 Å². The highest BCUT2D eigenvalue weighted by atomic mass is 32.1. The van der Waals surface area contributed by atoms with E-state index in [0.29, 0.717) is 0 Å². The Morgan fingerprint density at radius 3 is 2.95 bits per heavy atom. The van der Waals surface area contributed by atoms with Crippen LogP contribution in [-0.4, -0.2) is 23.1 Å². The van der Waals surface area contributed by atoms with Crippen LogP contribution in [0.2, 0.25) is 0 Å². The average molecular weight is 303 g/mol. The van der Waals surface area contributed by atoms with Gasteiger partial charge in [0.15, 0.2) is 5.82 Å². The number of hydrogen-bond donors (Lipinski definition) is 1. The van der Waals surface area contributed by atoms with Crippen molar-refractivity contribution in [1.29, 1.82) is 0 Å². The van der Waals surface area contributed by atoms with E-state index >= 15 is 0 Å². The Bertz CT molecular complexity index is 688. The van der Waals surface area contributed by atoms with Crippen molar-refractivity contribution in [2.24, 2.45) is 0 Å². The second-order valence-corrected chi connectivity index (χ2v) is 7.23. The maximum absolute atomic E-state index is 5.94. The van der Waals surface area contributed by atoms with Crippen LogP contribution < -0.4 is 5.32 Å². The van der Waals surface area contributed by atoms with E-state index in [1.165, 1.54) is 35.1 Å². The second kappa shape index (κ2) is 4.92. The molecule has 0 bridgehead atoms. The van der Waals surface area contributed by atoms with E-state index in [2.05, 4.69) is 19.2 Å². The summed E-state index contributed by atoms with van der Waals surface area (Å²) in [5.74, 6) is 1.86. The van der Waals surface area contributed by atoms with Gasteiger partial charge in [0.2, 0.25) is 0 Å².